The maximum atomic E-state index is 15.0. The van der Waals surface area contributed by atoms with Gasteiger partial charge in [-0.15, -0.1) is 20.4 Å². The predicted octanol–water partition coefficient (Wildman–Crippen LogP) is 3.50. The van der Waals surface area contributed by atoms with E-state index in [9.17, 15) is 14.4 Å². The molecule has 8 aromatic rings. The van der Waals surface area contributed by atoms with E-state index in [-0.39, 0.29) is 56.2 Å². The lowest BCUT2D eigenvalue weighted by Gasteiger charge is -2.40. The molecule has 0 aliphatic carbocycles. The van der Waals surface area contributed by atoms with Gasteiger partial charge < -0.3 is 21.3 Å². The van der Waals surface area contributed by atoms with Crippen LogP contribution < -0.4 is 21.3 Å². The number of amides is 4. The van der Waals surface area contributed by atoms with E-state index in [0.29, 0.717) is 127 Å². The van der Waals surface area contributed by atoms with Crippen LogP contribution in [0.15, 0.2) is 146 Å². The highest BCUT2D eigenvalue weighted by Gasteiger charge is 2.48. The molecule has 3 spiro atoms. The number of benzene rings is 4. The Balaban J connectivity index is 0.820. The maximum Gasteiger partial charge on any atom is 0.248 e. The Kier molecular flexibility index (Phi) is 18.1. The number of aromatic nitrogens is 12. The molecular weight excluding hydrogens is 1100 g/mol. The Morgan fingerprint density at radius 3 is 0.977 bits per heavy atom. The number of nitrogens with one attached hydrogen (secondary N) is 4. The van der Waals surface area contributed by atoms with Crippen LogP contribution in [0.3, 0.4) is 0 Å². The van der Waals surface area contributed by atoms with Gasteiger partial charge in [0, 0.05) is 85.0 Å². The van der Waals surface area contributed by atoms with Crippen LogP contribution in [-0.4, -0.2) is 156 Å². The molecule has 4 aliphatic rings. The first-order chi connectivity index (χ1) is 42.6. The summed E-state index contributed by atoms with van der Waals surface area (Å²) in [6.45, 7) is 8.49. The van der Waals surface area contributed by atoms with E-state index < -0.39 is 16.6 Å². The van der Waals surface area contributed by atoms with Gasteiger partial charge in [0.15, 0.2) is 0 Å². The number of carbonyl (C=O) groups is 4. The number of nitrogens with zero attached hydrogens (tertiary/aromatic N) is 16. The quantitative estimate of drug-likeness (QED) is 0.170. The lowest BCUT2D eigenvalue weighted by Crippen LogP contribution is -2.55. The van der Waals surface area contributed by atoms with Gasteiger partial charge in [-0.25, -0.2) is 14.0 Å². The zero-order chi connectivity index (χ0) is 59.5. The number of piperidine rings is 3. The van der Waals surface area contributed by atoms with E-state index in [0.717, 1.165) is 25.2 Å². The average molecular weight is 1180 g/mol. The Morgan fingerprint density at radius 1 is 0.333 bits per heavy atom. The number of likely N-dealkylation sites (tertiary alicyclic amines) is 3. The average Bonchev–Trinajstić information content (AvgIpc) is 2.58. The lowest BCUT2D eigenvalue weighted by atomic mass is 9.86. The third-order valence-corrected chi connectivity index (χ3v) is 17.9. The second-order valence-corrected chi connectivity index (χ2v) is 23.7. The summed E-state index contributed by atoms with van der Waals surface area (Å²) < 4.78 is 6.79. The van der Waals surface area contributed by atoms with Crippen LogP contribution in [0, 0.1) is 0 Å². The molecule has 8 bridgehead atoms. The van der Waals surface area contributed by atoms with Crippen molar-refractivity contribution in [2.24, 2.45) is 0 Å². The SMILES string of the molecule is O=C1CCN(Cc2ccccc2)CCn2cc(nn2)CNC(=O)C2(CCN(Cc3ccccc3)CC2)n2cc(nn2)CNC(=O)C2(CCN(Cc3ccccc3)CC2)n2cc(nn2)CNC(=O)C2(CCN(Cc3ccccc3)CC2)n2cc(nn2)CN1. The molecule has 452 valence electrons. The molecule has 4 aromatic carbocycles. The highest BCUT2D eigenvalue weighted by atomic mass is 16.2. The molecule has 4 aromatic heterocycles. The van der Waals surface area contributed by atoms with Crippen molar-refractivity contribution in [1.29, 1.82) is 0 Å². The molecule has 8 heterocycles. The Labute approximate surface area is 505 Å². The standard InChI is InChI=1S/C63H76N20O4/c84-57-21-28-76(41-49-13-5-1-6-14-49)35-36-80-45-53(68-72-80)38-65-58(85)61(22-29-77(30-23-61)42-50-15-7-2-8-16-50)82-47-55(70-74-82)40-67-60(87)63(26-33-79(34-27-63)44-52-19-11-4-12-20-52)83-48-56(71-75-83)39-66-59(86)62(81-46-54(37-64-57)69-73-81)24-31-78(32-25-62)43-51-17-9-3-10-18-51/h1-20,45-48H,21-44H2,(H,64,84)(H,65,85)(H,66,86)(H,67,87). The molecule has 24 heteroatoms. The van der Waals surface area contributed by atoms with Crippen molar-refractivity contribution in [1.82, 2.24) is 101 Å². The van der Waals surface area contributed by atoms with Gasteiger partial charge in [-0.05, 0) is 60.8 Å². The first kappa shape index (κ1) is 58.5. The predicted molar refractivity (Wildman–Crippen MR) is 321 cm³/mol. The molecule has 12 rings (SSSR count). The van der Waals surface area contributed by atoms with Crippen LogP contribution in [0.1, 0.15) is 90.0 Å². The first-order valence-corrected chi connectivity index (χ1v) is 30.4. The van der Waals surface area contributed by atoms with E-state index >= 15 is 4.79 Å². The molecule has 4 N–H and O–H groups in total. The van der Waals surface area contributed by atoms with Gasteiger partial charge in [-0.1, -0.05) is 142 Å². The molecule has 0 atom stereocenters. The summed E-state index contributed by atoms with van der Waals surface area (Å²) in [4.78, 5) is 67.7. The van der Waals surface area contributed by atoms with Crippen molar-refractivity contribution in [3.8, 4) is 0 Å². The molecule has 4 aliphatic heterocycles. The third-order valence-electron chi connectivity index (χ3n) is 17.9. The van der Waals surface area contributed by atoms with Gasteiger partial charge in [-0.2, -0.15) is 0 Å². The van der Waals surface area contributed by atoms with Gasteiger partial charge in [0.1, 0.15) is 39.4 Å². The van der Waals surface area contributed by atoms with Crippen molar-refractivity contribution in [3.63, 3.8) is 0 Å². The summed E-state index contributed by atoms with van der Waals surface area (Å²) in [7, 11) is 0. The fourth-order valence-electron chi connectivity index (χ4n) is 12.6. The second-order valence-electron chi connectivity index (χ2n) is 23.7. The van der Waals surface area contributed by atoms with Gasteiger partial charge >= 0.3 is 0 Å². The van der Waals surface area contributed by atoms with Crippen LogP contribution >= 0.6 is 0 Å². The van der Waals surface area contributed by atoms with Crippen LogP contribution in [0.4, 0.5) is 0 Å². The van der Waals surface area contributed by atoms with E-state index in [4.69, 9.17) is 0 Å². The van der Waals surface area contributed by atoms with E-state index in [1.165, 1.54) is 16.7 Å². The van der Waals surface area contributed by atoms with Crippen LogP contribution in [0.25, 0.3) is 0 Å². The largest absolute Gasteiger partial charge is 0.350 e. The van der Waals surface area contributed by atoms with Crippen molar-refractivity contribution >= 4 is 23.6 Å². The van der Waals surface area contributed by atoms with Crippen molar-refractivity contribution in [2.75, 3.05) is 52.4 Å². The fraction of sp³-hybridized carbons (Fsp3) is 0.429. The number of hydrogen-bond donors (Lipinski definition) is 4. The van der Waals surface area contributed by atoms with E-state index in [1.54, 1.807) is 37.3 Å². The number of rotatable bonds is 8. The van der Waals surface area contributed by atoms with Crippen molar-refractivity contribution < 1.29 is 19.2 Å². The summed E-state index contributed by atoms with van der Waals surface area (Å²) in [5.74, 6) is -0.851. The molecule has 0 saturated carbocycles. The highest BCUT2D eigenvalue weighted by molar-refractivity contribution is 5.86. The minimum atomic E-state index is -1.13. The van der Waals surface area contributed by atoms with Crippen LogP contribution in [0.2, 0.25) is 0 Å². The fourth-order valence-corrected chi connectivity index (χ4v) is 12.6. The summed E-state index contributed by atoms with van der Waals surface area (Å²) in [5.41, 5.74) is 3.46. The summed E-state index contributed by atoms with van der Waals surface area (Å²) in [5, 5.41) is 49.0. The van der Waals surface area contributed by atoms with Crippen molar-refractivity contribution in [3.05, 3.63) is 191 Å². The first-order valence-electron chi connectivity index (χ1n) is 30.4. The molecule has 24 nitrogen and oxygen atoms in total. The minimum Gasteiger partial charge on any atom is -0.350 e. The smallest absolute Gasteiger partial charge is 0.248 e. The highest BCUT2D eigenvalue weighted by Crippen LogP contribution is 2.35. The van der Waals surface area contributed by atoms with Crippen LogP contribution in [0.5, 0.6) is 0 Å². The minimum absolute atomic E-state index is 0.0483. The monoisotopic (exact) mass is 1180 g/mol. The summed E-state index contributed by atoms with van der Waals surface area (Å²) in [6.07, 6.45) is 10.1. The Morgan fingerprint density at radius 2 is 0.632 bits per heavy atom. The second kappa shape index (κ2) is 26.8. The van der Waals surface area contributed by atoms with E-state index in [1.807, 2.05) is 79.0 Å². The van der Waals surface area contributed by atoms with E-state index in [2.05, 4.69) is 131 Å². The normalized spacial score (nSPS) is 19.8. The molecule has 0 unspecified atom stereocenters. The summed E-state index contributed by atoms with van der Waals surface area (Å²) >= 11 is 0. The van der Waals surface area contributed by atoms with Gasteiger partial charge in [0.2, 0.25) is 23.6 Å². The molecule has 0 radical (unpaired) electrons. The summed E-state index contributed by atoms with van der Waals surface area (Å²) in [6, 6.07) is 41.0. The van der Waals surface area contributed by atoms with Crippen LogP contribution in [-0.2, 0) is 94.7 Å². The molecule has 4 amide bonds. The molecule has 3 fully saturated rings. The zero-order valence-corrected chi connectivity index (χ0v) is 49.1. The number of hydrogen-bond acceptors (Lipinski definition) is 16. The lowest BCUT2D eigenvalue weighted by molar-refractivity contribution is -0.134. The topological polar surface area (TPSA) is 252 Å². The van der Waals surface area contributed by atoms with Gasteiger partial charge in [0.05, 0.1) is 57.5 Å². The number of fused-ring (bicyclic) bond motifs is 11. The maximum absolute atomic E-state index is 15.0. The van der Waals surface area contributed by atoms with Crippen molar-refractivity contribution in [2.45, 2.75) is 120 Å². The van der Waals surface area contributed by atoms with Gasteiger partial charge in [0.25, 0.3) is 0 Å². The zero-order valence-electron chi connectivity index (χ0n) is 49.1. The Hall–Kier alpha value is -8.84. The molecule has 87 heavy (non-hydrogen) atoms. The third kappa shape index (κ3) is 13.9. The molecule has 3 saturated heterocycles. The molecular formula is C63H76N20O4. The Bertz CT molecular complexity index is 3550. The van der Waals surface area contributed by atoms with Gasteiger partial charge in [-0.3, -0.25) is 43.5 Å². The number of carbonyl (C=O) groups excluding carboxylic acids is 4.